The molecule has 3 rings (SSSR count). The number of ether oxygens (including phenoxy) is 2. The molecule has 0 aliphatic heterocycles. The van der Waals surface area contributed by atoms with Gasteiger partial charge in [-0.05, 0) is 50.3 Å². The van der Waals surface area contributed by atoms with Gasteiger partial charge in [0, 0.05) is 18.8 Å². The van der Waals surface area contributed by atoms with Crippen LogP contribution in [-0.2, 0) is 11.3 Å². The van der Waals surface area contributed by atoms with Gasteiger partial charge in [0.25, 0.3) is 5.91 Å². The second-order valence-electron chi connectivity index (χ2n) is 6.44. The summed E-state index contributed by atoms with van der Waals surface area (Å²) in [6.07, 6.45) is 6.02. The number of rotatable bonds is 7. The average Bonchev–Trinajstić information content (AvgIpc) is 3.16. The molecule has 1 aromatic heterocycles. The summed E-state index contributed by atoms with van der Waals surface area (Å²) >= 11 is 6.04. The number of pyridine rings is 1. The highest BCUT2D eigenvalue weighted by Gasteiger charge is 2.17. The van der Waals surface area contributed by atoms with Crippen molar-refractivity contribution in [3.8, 4) is 11.6 Å². The largest absolute Gasteiger partial charge is 0.479 e. The Balaban J connectivity index is 1.46. The normalized spacial score (nSPS) is 15.5. The van der Waals surface area contributed by atoms with Crippen LogP contribution in [0.3, 0.4) is 0 Å². The maximum Gasteiger partial charge on any atom is 0.261 e. The molecule has 0 radical (unpaired) electrons. The summed E-state index contributed by atoms with van der Waals surface area (Å²) in [4.78, 5) is 16.5. The molecule has 1 aliphatic carbocycles. The van der Waals surface area contributed by atoms with Crippen molar-refractivity contribution in [2.45, 2.75) is 51.4 Å². The predicted octanol–water partition coefficient (Wildman–Crippen LogP) is 4.14. The van der Waals surface area contributed by atoms with Crippen molar-refractivity contribution in [3.63, 3.8) is 0 Å². The van der Waals surface area contributed by atoms with Gasteiger partial charge in [-0.2, -0.15) is 0 Å². The van der Waals surface area contributed by atoms with Crippen molar-refractivity contribution < 1.29 is 14.3 Å². The number of aromatic nitrogens is 1. The smallest absolute Gasteiger partial charge is 0.261 e. The van der Waals surface area contributed by atoms with Crippen LogP contribution in [0.2, 0.25) is 5.02 Å². The Morgan fingerprint density at radius 2 is 2.04 bits per heavy atom. The van der Waals surface area contributed by atoms with Gasteiger partial charge < -0.3 is 14.8 Å². The molecule has 1 aromatic carbocycles. The molecule has 1 heterocycles. The third-order valence-electron chi connectivity index (χ3n) is 4.36. The second-order valence-corrected chi connectivity index (χ2v) is 6.84. The SMILES string of the molecule is CC(Oc1ccccc1Cl)C(=O)NCc1ccc(OC2CCCC2)nc1. The van der Waals surface area contributed by atoms with E-state index in [0.29, 0.717) is 23.2 Å². The third kappa shape index (κ3) is 5.11. The predicted molar refractivity (Wildman–Crippen MR) is 101 cm³/mol. The van der Waals surface area contributed by atoms with Crippen LogP contribution in [0.25, 0.3) is 0 Å². The van der Waals surface area contributed by atoms with Crippen molar-refractivity contribution in [1.82, 2.24) is 10.3 Å². The number of carbonyl (C=O) groups is 1. The van der Waals surface area contributed by atoms with Crippen LogP contribution < -0.4 is 14.8 Å². The van der Waals surface area contributed by atoms with Gasteiger partial charge in [-0.25, -0.2) is 4.98 Å². The molecular weight excluding hydrogens is 352 g/mol. The molecule has 1 fully saturated rings. The first-order valence-electron chi connectivity index (χ1n) is 8.92. The van der Waals surface area contributed by atoms with Gasteiger partial charge in [0.15, 0.2) is 6.10 Å². The highest BCUT2D eigenvalue weighted by molar-refractivity contribution is 6.32. The highest BCUT2D eigenvalue weighted by atomic mass is 35.5. The molecule has 1 saturated carbocycles. The Morgan fingerprint density at radius 1 is 1.27 bits per heavy atom. The van der Waals surface area contributed by atoms with Gasteiger partial charge in [0.2, 0.25) is 5.88 Å². The molecule has 0 saturated heterocycles. The molecule has 0 bridgehead atoms. The maximum atomic E-state index is 12.2. The van der Waals surface area contributed by atoms with E-state index in [1.807, 2.05) is 24.3 Å². The fourth-order valence-corrected chi connectivity index (χ4v) is 3.06. The van der Waals surface area contributed by atoms with E-state index in [2.05, 4.69) is 10.3 Å². The van der Waals surface area contributed by atoms with Crippen LogP contribution in [0.5, 0.6) is 11.6 Å². The maximum absolute atomic E-state index is 12.2. The van der Waals surface area contributed by atoms with Crippen molar-refractivity contribution >= 4 is 17.5 Å². The molecule has 1 unspecified atom stereocenters. The molecule has 138 valence electrons. The molecule has 26 heavy (non-hydrogen) atoms. The van der Waals surface area contributed by atoms with E-state index in [-0.39, 0.29) is 12.0 Å². The Hall–Kier alpha value is -2.27. The van der Waals surface area contributed by atoms with Gasteiger partial charge in [-0.15, -0.1) is 0 Å². The number of nitrogens with one attached hydrogen (secondary N) is 1. The van der Waals surface area contributed by atoms with E-state index in [1.54, 1.807) is 25.3 Å². The molecule has 5 nitrogen and oxygen atoms in total. The Kier molecular flexibility index (Phi) is 6.34. The number of hydrogen-bond donors (Lipinski definition) is 1. The first-order valence-corrected chi connectivity index (χ1v) is 9.30. The number of hydrogen-bond acceptors (Lipinski definition) is 4. The molecule has 6 heteroatoms. The zero-order valence-electron chi connectivity index (χ0n) is 14.8. The van der Waals surface area contributed by atoms with Crippen LogP contribution in [0.15, 0.2) is 42.6 Å². The van der Waals surface area contributed by atoms with Crippen LogP contribution in [0, 0.1) is 0 Å². The van der Waals surface area contributed by atoms with E-state index in [9.17, 15) is 4.79 Å². The summed E-state index contributed by atoms with van der Waals surface area (Å²) in [5, 5.41) is 3.32. The number of halogens is 1. The lowest BCUT2D eigenvalue weighted by Gasteiger charge is -2.16. The molecular formula is C20H23ClN2O3. The van der Waals surface area contributed by atoms with E-state index in [4.69, 9.17) is 21.1 Å². The lowest BCUT2D eigenvalue weighted by molar-refractivity contribution is -0.127. The minimum absolute atomic E-state index is 0.212. The van der Waals surface area contributed by atoms with E-state index in [0.717, 1.165) is 18.4 Å². The summed E-state index contributed by atoms with van der Waals surface area (Å²) in [5.41, 5.74) is 0.905. The number of para-hydroxylation sites is 1. The topological polar surface area (TPSA) is 60.5 Å². The number of benzene rings is 1. The van der Waals surface area contributed by atoms with Crippen LogP contribution in [0.4, 0.5) is 0 Å². The second kappa shape index (κ2) is 8.90. The molecule has 1 amide bonds. The highest BCUT2D eigenvalue weighted by Crippen LogP contribution is 2.24. The number of amides is 1. The van der Waals surface area contributed by atoms with Crippen molar-refractivity contribution in [1.29, 1.82) is 0 Å². The summed E-state index contributed by atoms with van der Waals surface area (Å²) < 4.78 is 11.4. The number of carbonyl (C=O) groups excluding carboxylic acids is 1. The summed E-state index contributed by atoms with van der Waals surface area (Å²) in [7, 11) is 0. The molecule has 2 aromatic rings. The fourth-order valence-electron chi connectivity index (χ4n) is 2.88. The van der Waals surface area contributed by atoms with Gasteiger partial charge in [0.1, 0.15) is 11.9 Å². The Bertz CT molecular complexity index is 730. The first kappa shape index (κ1) is 18.5. The summed E-state index contributed by atoms with van der Waals surface area (Å²) in [6.45, 7) is 2.07. The monoisotopic (exact) mass is 374 g/mol. The van der Waals surface area contributed by atoms with Gasteiger partial charge in [-0.3, -0.25) is 4.79 Å². The van der Waals surface area contributed by atoms with Gasteiger partial charge in [-0.1, -0.05) is 29.8 Å². The minimum Gasteiger partial charge on any atom is -0.479 e. The molecule has 1 aliphatic rings. The van der Waals surface area contributed by atoms with E-state index < -0.39 is 6.10 Å². The zero-order valence-corrected chi connectivity index (χ0v) is 15.5. The standard InChI is InChI=1S/C20H23ClN2O3/c1-14(25-18-9-5-4-8-17(18)21)20(24)23-13-15-10-11-19(22-12-15)26-16-6-2-3-7-16/h4-5,8-12,14,16H,2-3,6-7,13H2,1H3,(H,23,24). The number of nitrogens with zero attached hydrogens (tertiary/aromatic N) is 1. The van der Waals surface area contributed by atoms with Crippen LogP contribution in [0.1, 0.15) is 38.2 Å². The van der Waals surface area contributed by atoms with Gasteiger partial charge >= 0.3 is 0 Å². The zero-order chi connectivity index (χ0) is 18.4. The van der Waals surface area contributed by atoms with E-state index >= 15 is 0 Å². The molecule has 1 N–H and O–H groups in total. The first-order chi connectivity index (χ1) is 12.6. The third-order valence-corrected chi connectivity index (χ3v) is 4.68. The molecule has 1 atom stereocenters. The average molecular weight is 375 g/mol. The van der Waals surface area contributed by atoms with Crippen molar-refractivity contribution in [3.05, 3.63) is 53.2 Å². The van der Waals surface area contributed by atoms with E-state index in [1.165, 1.54) is 12.8 Å². The fraction of sp³-hybridized carbons (Fsp3) is 0.400. The Morgan fingerprint density at radius 3 is 2.73 bits per heavy atom. The van der Waals surface area contributed by atoms with Gasteiger partial charge in [0.05, 0.1) is 5.02 Å². The Labute approximate surface area is 158 Å². The molecule has 0 spiro atoms. The minimum atomic E-state index is -0.646. The van der Waals surface area contributed by atoms with Crippen molar-refractivity contribution in [2.24, 2.45) is 0 Å². The lowest BCUT2D eigenvalue weighted by atomic mass is 10.2. The summed E-state index contributed by atoms with van der Waals surface area (Å²) in [5.74, 6) is 0.922. The van der Waals surface area contributed by atoms with Crippen LogP contribution in [-0.4, -0.2) is 23.1 Å². The quantitative estimate of drug-likeness (QED) is 0.791. The van der Waals surface area contributed by atoms with Crippen molar-refractivity contribution in [2.75, 3.05) is 0 Å². The van der Waals surface area contributed by atoms with Crippen LogP contribution >= 0.6 is 11.6 Å². The lowest BCUT2D eigenvalue weighted by Crippen LogP contribution is -2.36. The summed E-state index contributed by atoms with van der Waals surface area (Å²) in [6, 6.07) is 10.8.